The van der Waals surface area contributed by atoms with E-state index in [1.54, 1.807) is 11.3 Å². The van der Waals surface area contributed by atoms with Crippen LogP contribution in [-0.4, -0.2) is 9.97 Å². The lowest BCUT2D eigenvalue weighted by atomic mass is 10.3. The second-order valence-corrected chi connectivity index (χ2v) is 4.96. The lowest BCUT2D eigenvalue weighted by Gasteiger charge is -2.10. The van der Waals surface area contributed by atoms with Crippen molar-refractivity contribution in [2.45, 2.75) is 13.0 Å². The topological polar surface area (TPSA) is 40.7 Å². The highest BCUT2D eigenvalue weighted by atomic mass is 32.1. The number of thiophene rings is 1. The summed E-state index contributed by atoms with van der Waals surface area (Å²) >= 11 is 1.75. The molecule has 3 nitrogen and oxygen atoms in total. The molecule has 2 N–H and O–H groups in total. The van der Waals surface area contributed by atoms with E-state index in [4.69, 9.17) is 0 Å². The van der Waals surface area contributed by atoms with Crippen LogP contribution in [0.2, 0.25) is 0 Å². The first-order chi connectivity index (χ1) is 8.33. The number of rotatable bonds is 3. The average Bonchev–Trinajstić information content (AvgIpc) is 2.97. The zero-order valence-corrected chi connectivity index (χ0v) is 10.3. The van der Waals surface area contributed by atoms with Crippen LogP contribution in [0, 0.1) is 0 Å². The number of H-pyrrole nitrogens is 1. The first-order valence-electron chi connectivity index (χ1n) is 5.57. The monoisotopic (exact) mass is 243 g/mol. The Balaban J connectivity index is 1.85. The second kappa shape index (κ2) is 4.22. The number of hydrogen-bond donors (Lipinski definition) is 2. The SMILES string of the molecule is CC(Nc1nc2ccccc2[nH]1)c1cccs1. The fraction of sp³-hybridized carbons (Fsp3) is 0.154. The van der Waals surface area contributed by atoms with Crippen LogP contribution >= 0.6 is 11.3 Å². The number of nitrogens with one attached hydrogen (secondary N) is 2. The molecule has 0 aliphatic rings. The number of aromatic nitrogens is 2. The third kappa shape index (κ3) is 2.03. The molecule has 1 unspecified atom stereocenters. The highest BCUT2D eigenvalue weighted by Crippen LogP contribution is 2.22. The Morgan fingerprint density at radius 1 is 1.24 bits per heavy atom. The van der Waals surface area contributed by atoms with Gasteiger partial charge in [0.15, 0.2) is 0 Å². The smallest absolute Gasteiger partial charge is 0.201 e. The van der Waals surface area contributed by atoms with E-state index in [2.05, 4.69) is 39.7 Å². The number of nitrogens with zero attached hydrogens (tertiary/aromatic N) is 1. The van der Waals surface area contributed by atoms with Crippen molar-refractivity contribution in [1.29, 1.82) is 0 Å². The van der Waals surface area contributed by atoms with Crippen molar-refractivity contribution in [2.75, 3.05) is 5.32 Å². The van der Waals surface area contributed by atoms with Crippen molar-refractivity contribution in [3.05, 3.63) is 46.7 Å². The van der Waals surface area contributed by atoms with Crippen LogP contribution in [0.5, 0.6) is 0 Å². The van der Waals surface area contributed by atoms with Crippen LogP contribution in [-0.2, 0) is 0 Å². The summed E-state index contributed by atoms with van der Waals surface area (Å²) in [6.07, 6.45) is 0. The van der Waals surface area contributed by atoms with Crippen LogP contribution < -0.4 is 5.32 Å². The van der Waals surface area contributed by atoms with Crippen molar-refractivity contribution in [2.24, 2.45) is 0 Å². The van der Waals surface area contributed by atoms with Crippen LogP contribution in [0.3, 0.4) is 0 Å². The van der Waals surface area contributed by atoms with E-state index in [9.17, 15) is 0 Å². The molecule has 0 aliphatic carbocycles. The summed E-state index contributed by atoms with van der Waals surface area (Å²) < 4.78 is 0. The lowest BCUT2D eigenvalue weighted by molar-refractivity contribution is 0.890. The molecule has 3 rings (SSSR count). The fourth-order valence-corrected chi connectivity index (χ4v) is 2.57. The van der Waals surface area contributed by atoms with Crippen LogP contribution in [0.25, 0.3) is 11.0 Å². The van der Waals surface area contributed by atoms with E-state index in [1.165, 1.54) is 4.88 Å². The number of aromatic amines is 1. The molecule has 0 saturated heterocycles. The van der Waals surface area contributed by atoms with Crippen molar-refractivity contribution < 1.29 is 0 Å². The molecule has 2 heterocycles. The van der Waals surface area contributed by atoms with Gasteiger partial charge in [0.2, 0.25) is 5.95 Å². The summed E-state index contributed by atoms with van der Waals surface area (Å²) in [4.78, 5) is 9.08. The zero-order valence-electron chi connectivity index (χ0n) is 9.47. The van der Waals surface area contributed by atoms with Crippen LogP contribution in [0.15, 0.2) is 41.8 Å². The minimum Gasteiger partial charge on any atom is -0.348 e. The summed E-state index contributed by atoms with van der Waals surface area (Å²) in [6, 6.07) is 12.5. The molecule has 1 atom stereocenters. The third-order valence-corrected chi connectivity index (χ3v) is 3.77. The zero-order chi connectivity index (χ0) is 11.7. The van der Waals surface area contributed by atoms with Crippen molar-refractivity contribution in [3.8, 4) is 0 Å². The van der Waals surface area contributed by atoms with Crippen molar-refractivity contribution in [3.63, 3.8) is 0 Å². The normalized spacial score (nSPS) is 12.8. The van der Waals surface area contributed by atoms with Crippen molar-refractivity contribution in [1.82, 2.24) is 9.97 Å². The van der Waals surface area contributed by atoms with Gasteiger partial charge in [0, 0.05) is 4.88 Å². The van der Waals surface area contributed by atoms with Crippen molar-refractivity contribution >= 4 is 28.3 Å². The molecule has 0 amide bonds. The van der Waals surface area contributed by atoms with E-state index >= 15 is 0 Å². The molecule has 86 valence electrons. The minimum atomic E-state index is 0.274. The summed E-state index contributed by atoms with van der Waals surface area (Å²) in [7, 11) is 0. The minimum absolute atomic E-state index is 0.274. The van der Waals surface area contributed by atoms with Gasteiger partial charge in [-0.15, -0.1) is 11.3 Å². The predicted octanol–water partition coefficient (Wildman–Crippen LogP) is 3.80. The molecule has 0 radical (unpaired) electrons. The Hall–Kier alpha value is -1.81. The van der Waals surface area contributed by atoms with Gasteiger partial charge in [0.05, 0.1) is 17.1 Å². The highest BCUT2D eigenvalue weighted by Gasteiger charge is 2.08. The lowest BCUT2D eigenvalue weighted by Crippen LogP contribution is -2.05. The number of anilines is 1. The fourth-order valence-electron chi connectivity index (χ4n) is 1.84. The molecule has 17 heavy (non-hydrogen) atoms. The maximum absolute atomic E-state index is 4.50. The van der Waals surface area contributed by atoms with E-state index in [0.717, 1.165) is 17.0 Å². The Kier molecular flexibility index (Phi) is 2.57. The Morgan fingerprint density at radius 2 is 2.12 bits per heavy atom. The average molecular weight is 243 g/mol. The molecular weight excluding hydrogens is 230 g/mol. The summed E-state index contributed by atoms with van der Waals surface area (Å²) in [5.74, 6) is 0.826. The second-order valence-electron chi connectivity index (χ2n) is 3.98. The summed E-state index contributed by atoms with van der Waals surface area (Å²) in [6.45, 7) is 2.14. The molecule has 0 fully saturated rings. The van der Waals surface area contributed by atoms with E-state index in [0.29, 0.717) is 0 Å². The van der Waals surface area contributed by atoms with Crippen LogP contribution in [0.4, 0.5) is 5.95 Å². The quantitative estimate of drug-likeness (QED) is 0.734. The number of imidazole rings is 1. The van der Waals surface area contributed by atoms with Crippen LogP contribution in [0.1, 0.15) is 17.8 Å². The van der Waals surface area contributed by atoms with Gasteiger partial charge in [-0.2, -0.15) is 0 Å². The van der Waals surface area contributed by atoms with Gasteiger partial charge >= 0.3 is 0 Å². The Morgan fingerprint density at radius 3 is 2.88 bits per heavy atom. The molecule has 0 spiro atoms. The van der Waals surface area contributed by atoms with Gasteiger partial charge in [-0.05, 0) is 30.5 Å². The predicted molar refractivity (Wildman–Crippen MR) is 72.5 cm³/mol. The molecule has 1 aromatic carbocycles. The number of benzene rings is 1. The first kappa shape index (κ1) is 10.4. The van der Waals surface area contributed by atoms with Gasteiger partial charge in [-0.25, -0.2) is 4.98 Å². The molecule has 3 aromatic rings. The highest BCUT2D eigenvalue weighted by molar-refractivity contribution is 7.10. The molecule has 4 heteroatoms. The van der Waals surface area contributed by atoms with Gasteiger partial charge < -0.3 is 10.3 Å². The largest absolute Gasteiger partial charge is 0.348 e. The number of para-hydroxylation sites is 2. The van der Waals surface area contributed by atoms with Gasteiger partial charge in [-0.3, -0.25) is 0 Å². The number of hydrogen-bond acceptors (Lipinski definition) is 3. The van der Waals surface area contributed by atoms with E-state index < -0.39 is 0 Å². The molecule has 2 aromatic heterocycles. The van der Waals surface area contributed by atoms with Gasteiger partial charge in [0.25, 0.3) is 0 Å². The molecule has 0 bridgehead atoms. The standard InChI is InChI=1S/C13H13N3S/c1-9(12-7-4-8-17-12)14-13-15-10-5-2-3-6-11(10)16-13/h2-9H,1H3,(H2,14,15,16). The Labute approximate surface area is 104 Å². The van der Waals surface area contributed by atoms with E-state index in [1.807, 2.05) is 24.3 Å². The Bertz CT molecular complexity index is 579. The first-order valence-corrected chi connectivity index (χ1v) is 6.45. The molecular formula is C13H13N3S. The van der Waals surface area contributed by atoms with E-state index in [-0.39, 0.29) is 6.04 Å². The molecule has 0 aliphatic heterocycles. The summed E-state index contributed by atoms with van der Waals surface area (Å²) in [5.41, 5.74) is 2.06. The maximum Gasteiger partial charge on any atom is 0.201 e. The third-order valence-electron chi connectivity index (χ3n) is 2.71. The summed E-state index contributed by atoms with van der Waals surface area (Å²) in [5, 5.41) is 5.47. The number of fused-ring (bicyclic) bond motifs is 1. The maximum atomic E-state index is 4.50. The molecule has 0 saturated carbocycles. The van der Waals surface area contributed by atoms with Gasteiger partial charge in [-0.1, -0.05) is 18.2 Å². The van der Waals surface area contributed by atoms with Gasteiger partial charge in [0.1, 0.15) is 0 Å².